The van der Waals surface area contributed by atoms with Gasteiger partial charge in [0.25, 0.3) is 0 Å². The van der Waals surface area contributed by atoms with E-state index in [2.05, 4.69) is 104 Å². The Morgan fingerprint density at radius 2 is 1.57 bits per heavy atom. The predicted octanol–water partition coefficient (Wildman–Crippen LogP) is 5.16. The SMILES string of the molecule is Brc1cccc(C2C=C(c3ccc(-c4ccccc4)cc3)Nc3nnnn32)c1. The van der Waals surface area contributed by atoms with Crippen molar-refractivity contribution in [2.24, 2.45) is 0 Å². The first-order chi connectivity index (χ1) is 13.8. The Balaban J connectivity index is 1.53. The minimum Gasteiger partial charge on any atom is -0.323 e. The summed E-state index contributed by atoms with van der Waals surface area (Å²) >= 11 is 3.55. The van der Waals surface area contributed by atoms with Crippen LogP contribution in [0.1, 0.15) is 17.2 Å². The molecule has 0 amide bonds. The number of nitrogens with zero attached hydrogens (tertiary/aromatic N) is 4. The van der Waals surface area contributed by atoms with Gasteiger partial charge in [-0.3, -0.25) is 0 Å². The van der Waals surface area contributed by atoms with Crippen LogP contribution in [0.25, 0.3) is 16.8 Å². The molecule has 2 heterocycles. The second-order valence-electron chi connectivity index (χ2n) is 6.60. The van der Waals surface area contributed by atoms with Crippen molar-refractivity contribution in [3.63, 3.8) is 0 Å². The minimum atomic E-state index is -0.0763. The molecule has 0 saturated carbocycles. The van der Waals surface area contributed by atoms with E-state index in [1.54, 1.807) is 4.68 Å². The number of benzene rings is 3. The number of rotatable bonds is 3. The zero-order chi connectivity index (χ0) is 18.9. The summed E-state index contributed by atoms with van der Waals surface area (Å²) in [6.07, 6.45) is 2.16. The zero-order valence-electron chi connectivity index (χ0n) is 14.8. The summed E-state index contributed by atoms with van der Waals surface area (Å²) in [5, 5.41) is 15.5. The number of fused-ring (bicyclic) bond motifs is 1. The van der Waals surface area contributed by atoms with Crippen LogP contribution in [0.2, 0.25) is 0 Å². The summed E-state index contributed by atoms with van der Waals surface area (Å²) < 4.78 is 2.82. The van der Waals surface area contributed by atoms with Crippen LogP contribution in [0, 0.1) is 0 Å². The van der Waals surface area contributed by atoms with E-state index >= 15 is 0 Å². The van der Waals surface area contributed by atoms with E-state index in [0.717, 1.165) is 21.3 Å². The van der Waals surface area contributed by atoms with Crippen molar-refractivity contribution in [3.05, 3.63) is 101 Å². The maximum Gasteiger partial charge on any atom is 0.248 e. The Bertz CT molecular complexity index is 1150. The summed E-state index contributed by atoms with van der Waals surface area (Å²) in [5.74, 6) is 0.634. The third kappa shape index (κ3) is 3.12. The van der Waals surface area contributed by atoms with Crippen LogP contribution in [0.3, 0.4) is 0 Å². The van der Waals surface area contributed by atoms with Crippen LogP contribution in [0.5, 0.6) is 0 Å². The van der Waals surface area contributed by atoms with Gasteiger partial charge in [0, 0.05) is 10.2 Å². The van der Waals surface area contributed by atoms with Crippen molar-refractivity contribution in [1.82, 2.24) is 20.2 Å². The van der Waals surface area contributed by atoms with Gasteiger partial charge in [-0.05, 0) is 50.9 Å². The molecule has 0 fully saturated rings. The highest BCUT2D eigenvalue weighted by Crippen LogP contribution is 2.33. The fourth-order valence-electron chi connectivity index (χ4n) is 3.42. The van der Waals surface area contributed by atoms with Gasteiger partial charge in [-0.2, -0.15) is 4.68 Å². The number of allylic oxidation sites excluding steroid dienone is 1. The Morgan fingerprint density at radius 1 is 0.821 bits per heavy atom. The Labute approximate surface area is 170 Å². The van der Waals surface area contributed by atoms with Gasteiger partial charge < -0.3 is 5.32 Å². The van der Waals surface area contributed by atoms with E-state index in [1.807, 2.05) is 18.2 Å². The molecule has 4 aromatic rings. The van der Waals surface area contributed by atoms with Crippen LogP contribution in [0.15, 0.2) is 89.4 Å². The average Bonchev–Trinajstić information content (AvgIpc) is 3.22. The summed E-state index contributed by atoms with van der Waals surface area (Å²) in [6, 6.07) is 27.0. The third-order valence-electron chi connectivity index (χ3n) is 4.82. The molecule has 136 valence electrons. The Morgan fingerprint density at radius 3 is 2.36 bits per heavy atom. The number of tetrazole rings is 1. The first-order valence-electron chi connectivity index (χ1n) is 8.96. The molecule has 0 spiro atoms. The van der Waals surface area contributed by atoms with Crippen LogP contribution in [0.4, 0.5) is 5.95 Å². The predicted molar refractivity (Wildman–Crippen MR) is 114 cm³/mol. The Hall–Kier alpha value is -3.25. The lowest BCUT2D eigenvalue weighted by Crippen LogP contribution is -2.20. The maximum absolute atomic E-state index is 4.16. The van der Waals surface area contributed by atoms with Gasteiger partial charge in [0.15, 0.2) is 0 Å². The molecule has 0 saturated heterocycles. The van der Waals surface area contributed by atoms with Gasteiger partial charge in [0.05, 0.1) is 0 Å². The molecule has 5 rings (SSSR count). The van der Waals surface area contributed by atoms with E-state index in [-0.39, 0.29) is 6.04 Å². The standard InChI is InChI=1S/C22H16BrN5/c23-19-8-4-7-18(13-19)21-14-20(24-22-25-26-27-28(21)22)17-11-9-16(10-12-17)15-5-2-1-3-6-15/h1-14,21H,(H,24,25,27). The second-order valence-corrected chi connectivity index (χ2v) is 7.51. The normalized spacial score (nSPS) is 15.5. The monoisotopic (exact) mass is 429 g/mol. The number of nitrogens with one attached hydrogen (secondary N) is 1. The number of anilines is 1. The van der Waals surface area contributed by atoms with Crippen molar-refractivity contribution >= 4 is 27.6 Å². The molecule has 1 atom stereocenters. The molecule has 6 heteroatoms. The van der Waals surface area contributed by atoms with Crippen molar-refractivity contribution < 1.29 is 0 Å². The van der Waals surface area contributed by atoms with Crippen LogP contribution in [-0.4, -0.2) is 20.2 Å². The molecule has 0 bridgehead atoms. The molecule has 1 N–H and O–H groups in total. The lowest BCUT2D eigenvalue weighted by molar-refractivity contribution is 0.585. The Kier molecular flexibility index (Phi) is 4.25. The minimum absolute atomic E-state index is 0.0763. The molecule has 1 aromatic heterocycles. The van der Waals surface area contributed by atoms with Gasteiger partial charge in [-0.1, -0.05) is 87.8 Å². The number of hydrogen-bond donors (Lipinski definition) is 1. The first-order valence-corrected chi connectivity index (χ1v) is 9.75. The molecule has 5 nitrogen and oxygen atoms in total. The molecular formula is C22H16BrN5. The van der Waals surface area contributed by atoms with Crippen molar-refractivity contribution in [2.45, 2.75) is 6.04 Å². The largest absolute Gasteiger partial charge is 0.323 e. The molecule has 1 aliphatic rings. The number of halogens is 1. The van der Waals surface area contributed by atoms with Crippen molar-refractivity contribution in [2.75, 3.05) is 5.32 Å². The maximum atomic E-state index is 4.16. The first kappa shape index (κ1) is 16.9. The highest BCUT2D eigenvalue weighted by Gasteiger charge is 2.24. The molecule has 1 unspecified atom stereocenters. The van der Waals surface area contributed by atoms with Crippen molar-refractivity contribution in [3.8, 4) is 11.1 Å². The van der Waals surface area contributed by atoms with Gasteiger partial charge in [-0.25, -0.2) is 0 Å². The lowest BCUT2D eigenvalue weighted by Gasteiger charge is -2.23. The second kappa shape index (κ2) is 7.05. The molecule has 0 aliphatic carbocycles. The highest BCUT2D eigenvalue weighted by atomic mass is 79.9. The highest BCUT2D eigenvalue weighted by molar-refractivity contribution is 9.10. The van der Waals surface area contributed by atoms with E-state index < -0.39 is 0 Å². The van der Waals surface area contributed by atoms with Gasteiger partial charge in [0.1, 0.15) is 6.04 Å². The quantitative estimate of drug-likeness (QED) is 0.488. The molecule has 0 radical (unpaired) electrons. The zero-order valence-corrected chi connectivity index (χ0v) is 16.4. The topological polar surface area (TPSA) is 55.6 Å². The van der Waals surface area contributed by atoms with Crippen molar-refractivity contribution in [1.29, 1.82) is 0 Å². The van der Waals surface area contributed by atoms with Crippen LogP contribution in [-0.2, 0) is 0 Å². The van der Waals surface area contributed by atoms with E-state index in [0.29, 0.717) is 5.95 Å². The summed E-state index contributed by atoms with van der Waals surface area (Å²) in [7, 11) is 0. The van der Waals surface area contributed by atoms with Gasteiger partial charge in [-0.15, -0.1) is 0 Å². The third-order valence-corrected chi connectivity index (χ3v) is 5.31. The summed E-state index contributed by atoms with van der Waals surface area (Å²) in [5.41, 5.74) is 5.59. The average molecular weight is 430 g/mol. The fourth-order valence-corrected chi connectivity index (χ4v) is 3.84. The molecular weight excluding hydrogens is 414 g/mol. The molecule has 3 aromatic carbocycles. The van der Waals surface area contributed by atoms with Gasteiger partial charge >= 0.3 is 0 Å². The van der Waals surface area contributed by atoms with E-state index in [4.69, 9.17) is 0 Å². The van der Waals surface area contributed by atoms with Crippen LogP contribution >= 0.6 is 15.9 Å². The number of hydrogen-bond acceptors (Lipinski definition) is 4. The summed E-state index contributed by atoms with van der Waals surface area (Å²) in [6.45, 7) is 0. The smallest absolute Gasteiger partial charge is 0.248 e. The molecule has 28 heavy (non-hydrogen) atoms. The lowest BCUT2D eigenvalue weighted by atomic mass is 9.99. The molecule has 1 aliphatic heterocycles. The van der Waals surface area contributed by atoms with Crippen LogP contribution < -0.4 is 5.32 Å². The van der Waals surface area contributed by atoms with Gasteiger partial charge in [0.2, 0.25) is 5.95 Å². The number of aromatic nitrogens is 4. The van der Waals surface area contributed by atoms with E-state index in [1.165, 1.54) is 11.1 Å². The van der Waals surface area contributed by atoms with E-state index in [9.17, 15) is 0 Å². The summed E-state index contributed by atoms with van der Waals surface area (Å²) in [4.78, 5) is 0. The fraction of sp³-hybridized carbons (Fsp3) is 0.0455.